The van der Waals surface area contributed by atoms with Crippen LogP contribution in [0.4, 0.5) is 11.4 Å². The van der Waals surface area contributed by atoms with Crippen LogP contribution in [-0.2, 0) is 9.59 Å². The molecule has 0 heterocycles. The van der Waals surface area contributed by atoms with Gasteiger partial charge in [0, 0.05) is 17.5 Å². The van der Waals surface area contributed by atoms with Gasteiger partial charge in [0.15, 0.2) is 11.2 Å². The molecule has 33 heavy (non-hydrogen) atoms. The van der Waals surface area contributed by atoms with Crippen molar-refractivity contribution in [3.05, 3.63) is 95.5 Å². The van der Waals surface area contributed by atoms with Gasteiger partial charge in [-0.1, -0.05) is 54.1 Å². The topological polar surface area (TPSA) is 79.5 Å². The number of anilines is 2. The van der Waals surface area contributed by atoms with E-state index in [1.807, 2.05) is 30.3 Å². The molecule has 168 valence electrons. The van der Waals surface area contributed by atoms with Crippen molar-refractivity contribution in [1.82, 2.24) is 5.32 Å². The second-order valence-electron chi connectivity index (χ2n) is 6.94. The van der Waals surface area contributed by atoms with Gasteiger partial charge in [-0.3, -0.25) is 14.9 Å². The maximum absolute atomic E-state index is 12.4. The van der Waals surface area contributed by atoms with Crippen molar-refractivity contribution in [3.63, 3.8) is 0 Å². The second-order valence-corrected chi connectivity index (χ2v) is 7.76. The lowest BCUT2D eigenvalue weighted by Crippen LogP contribution is -2.32. The lowest BCUT2D eigenvalue weighted by Gasteiger charge is -2.16. The van der Waals surface area contributed by atoms with Gasteiger partial charge in [-0.2, -0.15) is 0 Å². The molecule has 0 aliphatic carbocycles. The van der Waals surface area contributed by atoms with E-state index in [1.54, 1.807) is 61.5 Å². The normalized spacial score (nSPS) is 11.5. The Morgan fingerprint density at radius 3 is 2.18 bits per heavy atom. The molecule has 0 fully saturated rings. The first-order valence-corrected chi connectivity index (χ1v) is 10.9. The Morgan fingerprint density at radius 1 is 0.909 bits per heavy atom. The molecule has 1 atom stereocenters. The number of hydrogen-bond acceptors (Lipinski definition) is 4. The Bertz CT molecular complexity index is 1150. The summed E-state index contributed by atoms with van der Waals surface area (Å²) < 4.78 is 5.62. The molecule has 3 N–H and O–H groups in total. The number of carbonyl (C=O) groups excluding carboxylic acids is 2. The molecule has 0 bridgehead atoms. The van der Waals surface area contributed by atoms with Gasteiger partial charge in [0.1, 0.15) is 5.75 Å². The number of halogens is 1. The Kier molecular flexibility index (Phi) is 8.57. The molecule has 0 aliphatic heterocycles. The van der Waals surface area contributed by atoms with E-state index in [0.717, 1.165) is 5.56 Å². The van der Waals surface area contributed by atoms with Crippen LogP contribution in [-0.4, -0.2) is 23.0 Å². The molecular formula is C25H22ClN3O3S. The Labute approximate surface area is 202 Å². The average Bonchev–Trinajstić information content (AvgIpc) is 2.81. The molecule has 0 saturated carbocycles. The highest BCUT2D eigenvalue weighted by atomic mass is 35.5. The fourth-order valence-corrected chi connectivity index (χ4v) is 3.12. The van der Waals surface area contributed by atoms with E-state index in [4.69, 9.17) is 28.6 Å². The Morgan fingerprint density at radius 2 is 1.52 bits per heavy atom. The average molecular weight is 480 g/mol. The van der Waals surface area contributed by atoms with Crippen molar-refractivity contribution in [2.45, 2.75) is 13.0 Å². The summed E-state index contributed by atoms with van der Waals surface area (Å²) in [5, 5.41) is 8.89. The third-order valence-corrected chi connectivity index (χ3v) is 4.90. The van der Waals surface area contributed by atoms with E-state index < -0.39 is 6.10 Å². The highest BCUT2D eigenvalue weighted by molar-refractivity contribution is 7.80. The van der Waals surface area contributed by atoms with Gasteiger partial charge in [-0.25, -0.2) is 0 Å². The van der Waals surface area contributed by atoms with Crippen LogP contribution in [0.5, 0.6) is 5.75 Å². The summed E-state index contributed by atoms with van der Waals surface area (Å²) >= 11 is 11.2. The number of benzene rings is 3. The summed E-state index contributed by atoms with van der Waals surface area (Å²) in [6.07, 6.45) is 2.37. The van der Waals surface area contributed by atoms with Crippen molar-refractivity contribution in [1.29, 1.82) is 0 Å². The fraction of sp³-hybridized carbons (Fsp3) is 0.0800. The zero-order chi connectivity index (χ0) is 23.6. The molecular weight excluding hydrogens is 458 g/mol. The van der Waals surface area contributed by atoms with Crippen LogP contribution >= 0.6 is 23.8 Å². The fourth-order valence-electron chi connectivity index (χ4n) is 2.72. The lowest BCUT2D eigenvalue weighted by molar-refractivity contribution is -0.122. The van der Waals surface area contributed by atoms with Crippen molar-refractivity contribution >= 4 is 58.2 Å². The lowest BCUT2D eigenvalue weighted by atomic mass is 10.2. The zero-order valence-corrected chi connectivity index (χ0v) is 19.3. The van der Waals surface area contributed by atoms with Gasteiger partial charge in [0.2, 0.25) is 5.91 Å². The quantitative estimate of drug-likeness (QED) is 0.317. The molecule has 0 aliphatic rings. The maximum Gasteiger partial charge on any atom is 0.265 e. The summed E-state index contributed by atoms with van der Waals surface area (Å²) in [7, 11) is 0. The minimum atomic E-state index is -0.741. The number of rotatable bonds is 7. The van der Waals surface area contributed by atoms with E-state index in [2.05, 4.69) is 16.0 Å². The van der Waals surface area contributed by atoms with Crippen molar-refractivity contribution in [2.75, 3.05) is 10.6 Å². The van der Waals surface area contributed by atoms with E-state index >= 15 is 0 Å². The number of thiocarbonyl (C=S) groups is 1. The van der Waals surface area contributed by atoms with Gasteiger partial charge >= 0.3 is 0 Å². The van der Waals surface area contributed by atoms with Crippen LogP contribution in [0.3, 0.4) is 0 Å². The molecule has 3 aromatic carbocycles. The van der Waals surface area contributed by atoms with Crippen LogP contribution in [0.1, 0.15) is 12.5 Å². The zero-order valence-electron chi connectivity index (χ0n) is 17.7. The number of carbonyl (C=O) groups is 2. The SMILES string of the molecule is CC(Oc1ccccc1Cl)C(=O)Nc1ccc(NC(=S)NC(=O)/C=C/c2ccccc2)cc1. The molecule has 0 aromatic heterocycles. The summed E-state index contributed by atoms with van der Waals surface area (Å²) in [4.78, 5) is 24.4. The van der Waals surface area contributed by atoms with Crippen molar-refractivity contribution in [3.8, 4) is 5.75 Å². The smallest absolute Gasteiger partial charge is 0.265 e. The Balaban J connectivity index is 1.47. The summed E-state index contributed by atoms with van der Waals surface area (Å²) in [5.41, 5.74) is 2.15. The second kappa shape index (κ2) is 11.8. The third-order valence-electron chi connectivity index (χ3n) is 4.38. The minimum absolute atomic E-state index is 0.163. The van der Waals surface area contributed by atoms with Crippen molar-refractivity contribution < 1.29 is 14.3 Å². The first-order valence-electron chi connectivity index (χ1n) is 10.1. The number of amides is 2. The number of para-hydroxylation sites is 1. The molecule has 2 amide bonds. The highest BCUT2D eigenvalue weighted by Gasteiger charge is 2.16. The van der Waals surface area contributed by atoms with Gasteiger partial charge in [0.05, 0.1) is 5.02 Å². The van der Waals surface area contributed by atoms with Crippen LogP contribution in [0.2, 0.25) is 5.02 Å². The molecule has 0 radical (unpaired) electrons. The third kappa shape index (κ3) is 7.75. The summed E-state index contributed by atoms with van der Waals surface area (Å²) in [6.45, 7) is 1.64. The summed E-state index contributed by atoms with van der Waals surface area (Å²) in [5.74, 6) is -0.216. The number of ether oxygens (including phenoxy) is 1. The van der Waals surface area contributed by atoms with Gasteiger partial charge in [0.25, 0.3) is 5.91 Å². The van der Waals surface area contributed by atoms with E-state index in [1.165, 1.54) is 6.08 Å². The molecule has 6 nitrogen and oxygen atoms in total. The van der Waals surface area contributed by atoms with Crippen LogP contribution < -0.4 is 20.7 Å². The van der Waals surface area contributed by atoms with Gasteiger partial charge in [-0.05, 0) is 67.2 Å². The maximum atomic E-state index is 12.4. The van der Waals surface area contributed by atoms with Gasteiger partial charge in [-0.15, -0.1) is 0 Å². The van der Waals surface area contributed by atoms with E-state index in [0.29, 0.717) is 22.1 Å². The predicted molar refractivity (Wildman–Crippen MR) is 136 cm³/mol. The largest absolute Gasteiger partial charge is 0.479 e. The highest BCUT2D eigenvalue weighted by Crippen LogP contribution is 2.24. The van der Waals surface area contributed by atoms with Crippen LogP contribution in [0.25, 0.3) is 6.08 Å². The van der Waals surface area contributed by atoms with Crippen LogP contribution in [0.15, 0.2) is 84.9 Å². The Hall–Kier alpha value is -3.68. The van der Waals surface area contributed by atoms with E-state index in [-0.39, 0.29) is 16.9 Å². The van der Waals surface area contributed by atoms with Crippen molar-refractivity contribution in [2.24, 2.45) is 0 Å². The standard InChI is InChI=1S/C25H22ClN3O3S/c1-17(32-22-10-6-5-9-21(22)26)24(31)27-19-12-14-20(15-13-19)28-25(33)29-23(30)16-11-18-7-3-2-4-8-18/h2-17H,1H3,(H,27,31)(H2,28,29,30,33)/b16-11+. The molecule has 8 heteroatoms. The molecule has 0 saturated heterocycles. The molecule has 3 rings (SSSR count). The number of hydrogen-bond donors (Lipinski definition) is 3. The first kappa shape index (κ1) is 24.0. The minimum Gasteiger partial charge on any atom is -0.479 e. The molecule has 0 spiro atoms. The van der Waals surface area contributed by atoms with E-state index in [9.17, 15) is 9.59 Å². The molecule has 1 unspecified atom stereocenters. The van der Waals surface area contributed by atoms with Crippen LogP contribution in [0, 0.1) is 0 Å². The summed E-state index contributed by atoms with van der Waals surface area (Å²) in [6, 6.07) is 23.3. The monoisotopic (exact) mass is 479 g/mol. The first-order chi connectivity index (χ1) is 15.9. The number of nitrogens with one attached hydrogen (secondary N) is 3. The van der Waals surface area contributed by atoms with Gasteiger partial charge < -0.3 is 15.4 Å². The predicted octanol–water partition coefficient (Wildman–Crippen LogP) is 5.27. The molecule has 3 aromatic rings.